The number of nitrogens with zero attached hydrogens (tertiary/aromatic N) is 4. The fourth-order valence-electron chi connectivity index (χ4n) is 9.60. The Kier molecular flexibility index (Phi) is 7.39. The standard InChI is InChI=1S/C52H34N4SSi/c1-4-16-35(17-5-1)55-45-26-12-10-22-39(45)41-29-30-42-44-25-15-32-54-52(44)56(50(42)49(41)55)48-34-38(31-33-53-48)58(36-18-6-2-7-19-36,37-20-8-3-9-21-37)47-28-14-24-43-40-23-11-13-27-46(40)57-51(43)47/h1-34H. The van der Waals surface area contributed by atoms with Gasteiger partial charge < -0.3 is 4.57 Å². The largest absolute Gasteiger partial charge is 0.307 e. The number of pyridine rings is 2. The van der Waals surface area contributed by atoms with Crippen LogP contribution < -0.4 is 20.7 Å². The Hall–Kier alpha value is -7.12. The number of thiophene rings is 1. The highest BCUT2D eigenvalue weighted by molar-refractivity contribution is 7.30. The molecule has 0 aliphatic heterocycles. The number of rotatable bonds is 6. The molecule has 0 aliphatic carbocycles. The van der Waals surface area contributed by atoms with Crippen LogP contribution in [0.5, 0.6) is 0 Å². The molecule has 7 aromatic carbocycles. The summed E-state index contributed by atoms with van der Waals surface area (Å²) in [4.78, 5) is 10.4. The summed E-state index contributed by atoms with van der Waals surface area (Å²) >= 11 is 1.91. The molecule has 12 rings (SSSR count). The summed E-state index contributed by atoms with van der Waals surface area (Å²) in [5.41, 5.74) is 5.40. The number of benzene rings is 7. The SMILES string of the molecule is c1ccc(-n2c3ccccc3c3ccc4c5cccnc5n(-c5cc([Si](c6ccccc6)(c6ccccc6)c6cccc7c6sc6ccccc67)ccn5)c4c32)cc1. The summed E-state index contributed by atoms with van der Waals surface area (Å²) in [6, 6.07) is 71.1. The van der Waals surface area contributed by atoms with Crippen molar-refractivity contribution < 1.29 is 0 Å². The van der Waals surface area contributed by atoms with E-state index in [1.807, 2.05) is 29.8 Å². The molecule has 0 fully saturated rings. The van der Waals surface area contributed by atoms with Crippen LogP contribution in [-0.4, -0.2) is 27.2 Å². The van der Waals surface area contributed by atoms with Crippen LogP contribution in [-0.2, 0) is 0 Å². The molecule has 0 bridgehead atoms. The molecular formula is C52H34N4SSi. The van der Waals surface area contributed by atoms with Crippen molar-refractivity contribution in [1.29, 1.82) is 0 Å². The summed E-state index contributed by atoms with van der Waals surface area (Å²) in [6.07, 6.45) is 3.93. The van der Waals surface area contributed by atoms with Gasteiger partial charge in [0.1, 0.15) is 11.5 Å². The van der Waals surface area contributed by atoms with E-state index in [4.69, 9.17) is 9.97 Å². The van der Waals surface area contributed by atoms with Gasteiger partial charge in [-0.25, -0.2) is 9.97 Å². The quantitative estimate of drug-likeness (QED) is 0.125. The highest BCUT2D eigenvalue weighted by Gasteiger charge is 2.43. The molecule has 5 heterocycles. The lowest BCUT2D eigenvalue weighted by atomic mass is 10.1. The minimum absolute atomic E-state index is 0.848. The third-order valence-corrected chi connectivity index (χ3v) is 18.2. The van der Waals surface area contributed by atoms with E-state index < -0.39 is 8.07 Å². The first-order valence-corrected chi connectivity index (χ1v) is 22.5. The zero-order valence-corrected chi connectivity index (χ0v) is 33.1. The summed E-state index contributed by atoms with van der Waals surface area (Å²) < 4.78 is 7.39. The molecule has 4 nitrogen and oxygen atoms in total. The highest BCUT2D eigenvalue weighted by Crippen LogP contribution is 2.41. The number of para-hydroxylation sites is 2. The molecule has 58 heavy (non-hydrogen) atoms. The molecule has 6 heteroatoms. The van der Waals surface area contributed by atoms with E-state index in [0.717, 1.165) is 39.0 Å². The molecule has 5 aromatic heterocycles. The molecule has 0 amide bonds. The Morgan fingerprint density at radius 3 is 1.81 bits per heavy atom. The fourth-order valence-corrected chi connectivity index (χ4v) is 16.1. The van der Waals surface area contributed by atoms with E-state index in [2.05, 4.69) is 197 Å². The van der Waals surface area contributed by atoms with Crippen LogP contribution in [0.3, 0.4) is 0 Å². The fraction of sp³-hybridized carbons (Fsp3) is 0. The first-order chi connectivity index (χ1) is 28.8. The first-order valence-electron chi connectivity index (χ1n) is 19.7. The van der Waals surface area contributed by atoms with E-state index >= 15 is 0 Å². The van der Waals surface area contributed by atoms with Crippen molar-refractivity contribution in [3.63, 3.8) is 0 Å². The van der Waals surface area contributed by atoms with Gasteiger partial charge in [0.05, 0.1) is 16.6 Å². The number of fused-ring (bicyclic) bond motifs is 10. The van der Waals surface area contributed by atoms with Gasteiger partial charge >= 0.3 is 0 Å². The molecule has 272 valence electrons. The van der Waals surface area contributed by atoms with Crippen molar-refractivity contribution in [3.8, 4) is 11.5 Å². The average molecular weight is 775 g/mol. The van der Waals surface area contributed by atoms with Gasteiger partial charge in [-0.3, -0.25) is 4.57 Å². The van der Waals surface area contributed by atoms with Gasteiger partial charge in [-0.2, -0.15) is 0 Å². The summed E-state index contributed by atoms with van der Waals surface area (Å²) in [5.74, 6) is 0.848. The normalized spacial score (nSPS) is 12.1. The topological polar surface area (TPSA) is 35.6 Å². The van der Waals surface area contributed by atoms with Gasteiger partial charge in [-0.05, 0) is 69.3 Å². The maximum Gasteiger partial charge on any atom is 0.181 e. The number of hydrogen-bond donors (Lipinski definition) is 0. The number of aromatic nitrogens is 4. The van der Waals surface area contributed by atoms with Crippen LogP contribution in [0, 0.1) is 0 Å². The van der Waals surface area contributed by atoms with Gasteiger partial charge in [-0.1, -0.05) is 146 Å². The maximum atomic E-state index is 5.28. The maximum absolute atomic E-state index is 5.28. The summed E-state index contributed by atoms with van der Waals surface area (Å²) in [7, 11) is -3.02. The van der Waals surface area contributed by atoms with E-state index in [0.29, 0.717) is 0 Å². The van der Waals surface area contributed by atoms with Crippen LogP contribution >= 0.6 is 11.3 Å². The van der Waals surface area contributed by atoms with Crippen molar-refractivity contribution in [1.82, 2.24) is 19.1 Å². The predicted molar refractivity (Wildman–Crippen MR) is 247 cm³/mol. The third-order valence-electron chi connectivity index (χ3n) is 12.0. The van der Waals surface area contributed by atoms with Crippen molar-refractivity contribution in [2.45, 2.75) is 0 Å². The Balaban J connectivity index is 1.23. The van der Waals surface area contributed by atoms with Gasteiger partial charge in [-0.15, -0.1) is 11.3 Å². The van der Waals surface area contributed by atoms with Gasteiger partial charge in [0.15, 0.2) is 8.07 Å². The second-order valence-corrected chi connectivity index (χ2v) is 19.7. The van der Waals surface area contributed by atoms with Crippen LogP contribution in [0.2, 0.25) is 0 Å². The van der Waals surface area contributed by atoms with Crippen LogP contribution in [0.25, 0.3) is 75.4 Å². The van der Waals surface area contributed by atoms with E-state index in [9.17, 15) is 0 Å². The molecule has 0 spiro atoms. The minimum Gasteiger partial charge on any atom is -0.307 e. The van der Waals surface area contributed by atoms with Crippen LogP contribution in [0.4, 0.5) is 0 Å². The lowest BCUT2D eigenvalue weighted by molar-refractivity contribution is 1.06. The molecule has 0 atom stereocenters. The molecule has 12 aromatic rings. The van der Waals surface area contributed by atoms with Crippen molar-refractivity contribution in [2.75, 3.05) is 0 Å². The minimum atomic E-state index is -3.02. The zero-order chi connectivity index (χ0) is 38.2. The molecule has 0 radical (unpaired) electrons. The monoisotopic (exact) mass is 774 g/mol. The number of hydrogen-bond acceptors (Lipinski definition) is 3. The Morgan fingerprint density at radius 2 is 1.03 bits per heavy atom. The predicted octanol–water partition coefficient (Wildman–Crippen LogP) is 10.4. The highest BCUT2D eigenvalue weighted by atomic mass is 32.1. The second kappa shape index (κ2) is 13.0. The Bertz CT molecular complexity index is 3480. The van der Waals surface area contributed by atoms with E-state index in [-0.39, 0.29) is 0 Å². The molecular weight excluding hydrogens is 741 g/mol. The second-order valence-electron chi connectivity index (χ2n) is 14.9. The lowest BCUT2D eigenvalue weighted by Crippen LogP contribution is -2.74. The first kappa shape index (κ1) is 33.1. The van der Waals surface area contributed by atoms with Gasteiger partial charge in [0.25, 0.3) is 0 Å². The Morgan fingerprint density at radius 1 is 0.414 bits per heavy atom. The molecule has 0 N–H and O–H groups in total. The smallest absolute Gasteiger partial charge is 0.181 e. The van der Waals surface area contributed by atoms with E-state index in [1.54, 1.807) is 0 Å². The van der Waals surface area contributed by atoms with Crippen LogP contribution in [0.1, 0.15) is 0 Å². The summed E-state index contributed by atoms with van der Waals surface area (Å²) in [5, 5.41) is 12.6. The zero-order valence-electron chi connectivity index (χ0n) is 31.3. The van der Waals surface area contributed by atoms with Crippen molar-refractivity contribution >= 4 is 104 Å². The van der Waals surface area contributed by atoms with Crippen LogP contribution in [0.15, 0.2) is 207 Å². The summed E-state index contributed by atoms with van der Waals surface area (Å²) in [6.45, 7) is 0. The average Bonchev–Trinajstić information content (AvgIpc) is 3.96. The van der Waals surface area contributed by atoms with Crippen molar-refractivity contribution in [2.24, 2.45) is 0 Å². The van der Waals surface area contributed by atoms with E-state index in [1.165, 1.54) is 57.2 Å². The van der Waals surface area contributed by atoms with Crippen molar-refractivity contribution in [3.05, 3.63) is 207 Å². The van der Waals surface area contributed by atoms with Gasteiger partial charge in [0, 0.05) is 59.8 Å². The molecule has 0 unspecified atom stereocenters. The Labute approximate surface area is 339 Å². The third kappa shape index (κ3) is 4.67. The van der Waals surface area contributed by atoms with Gasteiger partial charge in [0.2, 0.25) is 0 Å². The molecule has 0 saturated heterocycles. The molecule has 0 aliphatic rings. The molecule has 0 saturated carbocycles. The lowest BCUT2D eigenvalue weighted by Gasteiger charge is -2.35.